The summed E-state index contributed by atoms with van der Waals surface area (Å²) < 4.78 is 0. The lowest BCUT2D eigenvalue weighted by Gasteiger charge is -2.33. The highest BCUT2D eigenvalue weighted by Crippen LogP contribution is 2.33. The Morgan fingerprint density at radius 3 is 2.62 bits per heavy atom. The minimum absolute atomic E-state index is 0.0920. The Hall–Kier alpha value is -4.31. The van der Waals surface area contributed by atoms with E-state index >= 15 is 0 Å². The van der Waals surface area contributed by atoms with Crippen molar-refractivity contribution < 1.29 is 4.79 Å². The number of hydrogen-bond acceptors (Lipinski definition) is 7. The van der Waals surface area contributed by atoms with Crippen molar-refractivity contribution in [3.05, 3.63) is 49.1 Å². The second-order valence-electron chi connectivity index (χ2n) is 10.7. The third kappa shape index (κ3) is 4.50. The molecule has 0 unspecified atom stereocenters. The van der Waals surface area contributed by atoms with E-state index in [1.807, 2.05) is 36.8 Å². The van der Waals surface area contributed by atoms with Gasteiger partial charge in [-0.05, 0) is 43.7 Å². The number of carbonyl (C=O) groups is 1. The average molecular weight is 522 g/mol. The van der Waals surface area contributed by atoms with Crippen LogP contribution >= 0.6 is 0 Å². The molecule has 0 atom stereocenters. The van der Waals surface area contributed by atoms with E-state index < -0.39 is 0 Å². The number of carbonyl (C=O) groups excluding carboxylic acids is 1. The van der Waals surface area contributed by atoms with Gasteiger partial charge in [0.2, 0.25) is 5.91 Å². The molecule has 10 heteroatoms. The van der Waals surface area contributed by atoms with Gasteiger partial charge in [-0.1, -0.05) is 18.9 Å². The summed E-state index contributed by atoms with van der Waals surface area (Å²) >= 11 is 0. The Kier molecular flexibility index (Phi) is 5.96. The summed E-state index contributed by atoms with van der Waals surface area (Å²) in [5, 5.41) is 11.8. The summed E-state index contributed by atoms with van der Waals surface area (Å²) in [4.78, 5) is 34.7. The fourth-order valence-electron chi connectivity index (χ4n) is 5.78. The fraction of sp³-hybridized carbons (Fsp3) is 0.345. The van der Waals surface area contributed by atoms with Crippen LogP contribution in [0.5, 0.6) is 0 Å². The summed E-state index contributed by atoms with van der Waals surface area (Å²) in [7, 11) is 2.15. The number of fused-ring (bicyclic) bond motifs is 2. The molecule has 2 fully saturated rings. The van der Waals surface area contributed by atoms with Crippen molar-refractivity contribution in [3.8, 4) is 22.6 Å². The van der Waals surface area contributed by atoms with Crippen LogP contribution in [0.25, 0.3) is 44.6 Å². The maximum Gasteiger partial charge on any atom is 0.227 e. The van der Waals surface area contributed by atoms with E-state index in [0.29, 0.717) is 5.82 Å². The molecule has 1 amide bonds. The monoisotopic (exact) mass is 521 g/mol. The van der Waals surface area contributed by atoms with Crippen LogP contribution in [0.15, 0.2) is 49.1 Å². The number of hydrogen-bond donors (Lipinski definition) is 3. The molecule has 5 aromatic rings. The zero-order chi connectivity index (χ0) is 26.3. The summed E-state index contributed by atoms with van der Waals surface area (Å²) in [6.07, 6.45) is 11.4. The van der Waals surface area contributed by atoms with Gasteiger partial charge in [0.15, 0.2) is 5.82 Å². The number of imidazole rings is 1. The van der Waals surface area contributed by atoms with Gasteiger partial charge in [-0.3, -0.25) is 19.9 Å². The molecule has 39 heavy (non-hydrogen) atoms. The number of pyridine rings is 2. The quantitative estimate of drug-likeness (QED) is 0.313. The van der Waals surface area contributed by atoms with E-state index in [9.17, 15) is 4.79 Å². The third-order valence-electron chi connectivity index (χ3n) is 8.07. The van der Waals surface area contributed by atoms with Crippen LogP contribution in [0.4, 0.5) is 11.4 Å². The van der Waals surface area contributed by atoms with E-state index in [0.717, 1.165) is 102 Å². The molecule has 10 nitrogen and oxygen atoms in total. The smallest absolute Gasteiger partial charge is 0.227 e. The third-order valence-corrected chi connectivity index (χ3v) is 8.07. The lowest BCUT2D eigenvalue weighted by atomic mass is 10.0. The van der Waals surface area contributed by atoms with Gasteiger partial charge in [-0.15, -0.1) is 0 Å². The number of benzene rings is 1. The molecular weight excluding hydrogens is 490 g/mol. The van der Waals surface area contributed by atoms with Gasteiger partial charge >= 0.3 is 0 Å². The summed E-state index contributed by atoms with van der Waals surface area (Å²) in [5.41, 5.74) is 7.17. The van der Waals surface area contributed by atoms with Crippen LogP contribution in [0, 0.1) is 5.92 Å². The van der Waals surface area contributed by atoms with Gasteiger partial charge in [-0.25, -0.2) is 4.98 Å². The molecule has 1 aliphatic carbocycles. The molecule has 2 aliphatic rings. The van der Waals surface area contributed by atoms with Crippen LogP contribution in [0.3, 0.4) is 0 Å². The first-order valence-electron chi connectivity index (χ1n) is 13.6. The molecule has 0 radical (unpaired) electrons. The van der Waals surface area contributed by atoms with Crippen molar-refractivity contribution in [1.82, 2.24) is 35.0 Å². The van der Waals surface area contributed by atoms with Crippen molar-refractivity contribution in [1.29, 1.82) is 0 Å². The number of rotatable bonds is 5. The number of likely N-dealkylation sites (N-methyl/N-ethyl adjacent to an activating group) is 1. The van der Waals surface area contributed by atoms with E-state index in [1.165, 1.54) is 0 Å². The van der Waals surface area contributed by atoms with Crippen LogP contribution in [-0.4, -0.2) is 74.2 Å². The number of piperazine rings is 1. The van der Waals surface area contributed by atoms with Crippen LogP contribution in [0.1, 0.15) is 25.7 Å². The predicted molar refractivity (Wildman–Crippen MR) is 153 cm³/mol. The molecule has 4 aromatic heterocycles. The summed E-state index contributed by atoms with van der Waals surface area (Å²) in [6, 6.07) is 8.14. The second kappa shape index (κ2) is 9.77. The van der Waals surface area contributed by atoms with Gasteiger partial charge in [-0.2, -0.15) is 5.10 Å². The molecule has 198 valence electrons. The standard InChI is InChI=1S/C29H31N9O/c1-37-8-10-38(11-9-37)25-17-31-16-24-27(25)34-28(33-24)26-22-13-19(6-7-23(22)35-36-26)20-12-21(15-30-14-20)32-29(39)18-4-2-3-5-18/h6-7,12-18H,2-5,8-11H2,1H3,(H,32,39)(H,33,34)(H,35,36). The summed E-state index contributed by atoms with van der Waals surface area (Å²) in [6.45, 7) is 3.92. The molecule has 0 spiro atoms. The molecule has 1 saturated heterocycles. The SMILES string of the molecule is CN1CCN(c2cncc3[nH]c(-c4n[nH]c5ccc(-c6cncc(NC(=O)C7CCCC7)c6)cc45)nc23)CC1. The van der Waals surface area contributed by atoms with E-state index in [2.05, 4.69) is 53.4 Å². The fourth-order valence-corrected chi connectivity index (χ4v) is 5.78. The highest BCUT2D eigenvalue weighted by Gasteiger charge is 2.23. The van der Waals surface area contributed by atoms with Crippen LogP contribution in [-0.2, 0) is 4.79 Å². The molecule has 1 aliphatic heterocycles. The van der Waals surface area contributed by atoms with Crippen molar-refractivity contribution in [2.24, 2.45) is 5.92 Å². The first-order valence-corrected chi connectivity index (χ1v) is 13.6. The molecule has 1 aromatic carbocycles. The Labute approximate surface area is 225 Å². The molecule has 1 saturated carbocycles. The van der Waals surface area contributed by atoms with Gasteiger partial charge in [0, 0.05) is 49.2 Å². The number of amides is 1. The molecule has 7 rings (SSSR count). The molecule has 3 N–H and O–H groups in total. The van der Waals surface area contributed by atoms with Crippen molar-refractivity contribution in [2.45, 2.75) is 25.7 Å². The normalized spacial score (nSPS) is 16.9. The summed E-state index contributed by atoms with van der Waals surface area (Å²) in [5.74, 6) is 0.899. The first-order chi connectivity index (χ1) is 19.1. The van der Waals surface area contributed by atoms with Gasteiger partial charge in [0.1, 0.15) is 11.2 Å². The van der Waals surface area contributed by atoms with Crippen molar-refractivity contribution >= 4 is 39.2 Å². The van der Waals surface area contributed by atoms with E-state index in [-0.39, 0.29) is 11.8 Å². The Morgan fingerprint density at radius 2 is 1.77 bits per heavy atom. The topological polar surface area (TPSA) is 119 Å². The van der Waals surface area contributed by atoms with Crippen LogP contribution in [0.2, 0.25) is 0 Å². The minimum atomic E-state index is 0.0920. The van der Waals surface area contributed by atoms with Gasteiger partial charge < -0.3 is 20.1 Å². The lowest BCUT2D eigenvalue weighted by Crippen LogP contribution is -2.44. The molecular formula is C29H31N9O. The molecule has 0 bridgehead atoms. The number of H-pyrrole nitrogens is 2. The lowest BCUT2D eigenvalue weighted by molar-refractivity contribution is -0.119. The van der Waals surface area contributed by atoms with Gasteiger partial charge in [0.05, 0.1) is 41.0 Å². The first kappa shape index (κ1) is 23.8. The van der Waals surface area contributed by atoms with E-state index in [1.54, 1.807) is 6.20 Å². The average Bonchev–Trinajstić information content (AvgIpc) is 3.73. The Bertz CT molecular complexity index is 1660. The zero-order valence-corrected chi connectivity index (χ0v) is 21.9. The van der Waals surface area contributed by atoms with E-state index in [4.69, 9.17) is 4.98 Å². The minimum Gasteiger partial charge on any atom is -0.366 e. The van der Waals surface area contributed by atoms with Gasteiger partial charge in [0.25, 0.3) is 0 Å². The maximum absolute atomic E-state index is 12.6. The zero-order valence-electron chi connectivity index (χ0n) is 21.9. The molecule has 5 heterocycles. The highest BCUT2D eigenvalue weighted by molar-refractivity contribution is 5.98. The van der Waals surface area contributed by atoms with Crippen LogP contribution < -0.4 is 10.2 Å². The van der Waals surface area contributed by atoms with Crippen molar-refractivity contribution in [3.63, 3.8) is 0 Å². The van der Waals surface area contributed by atoms with Crippen molar-refractivity contribution in [2.75, 3.05) is 43.4 Å². The second-order valence-corrected chi connectivity index (χ2v) is 10.7. The Morgan fingerprint density at radius 1 is 0.949 bits per heavy atom. The number of aromatic amines is 2. The Balaban J connectivity index is 1.21. The number of nitrogens with one attached hydrogen (secondary N) is 3. The number of anilines is 2. The predicted octanol–water partition coefficient (Wildman–Crippen LogP) is 4.44. The number of aromatic nitrogens is 6. The number of nitrogens with zero attached hydrogens (tertiary/aromatic N) is 6. The maximum atomic E-state index is 12.6. The largest absolute Gasteiger partial charge is 0.366 e. The highest BCUT2D eigenvalue weighted by atomic mass is 16.1.